The quantitative estimate of drug-likeness (QED) is 0.423. The number of rotatable bonds is 3. The molecule has 0 aliphatic carbocycles. The number of fused-ring (bicyclic) bond motifs is 3. The molecule has 0 radical (unpaired) electrons. The molecule has 0 N–H and O–H groups in total. The summed E-state index contributed by atoms with van der Waals surface area (Å²) in [5, 5.41) is 21.6. The number of carbonyl (C=O) groups is 1. The van der Waals surface area contributed by atoms with Gasteiger partial charge in [0.1, 0.15) is 6.04 Å². The first-order valence-electron chi connectivity index (χ1n) is 10.4. The van der Waals surface area contributed by atoms with Gasteiger partial charge in [0.15, 0.2) is 11.2 Å². The van der Waals surface area contributed by atoms with E-state index in [2.05, 4.69) is 12.1 Å². The summed E-state index contributed by atoms with van der Waals surface area (Å²) in [6.07, 6.45) is 3.76. The van der Waals surface area contributed by atoms with E-state index in [0.29, 0.717) is 21.2 Å². The molecule has 160 valence electrons. The molecule has 2 heterocycles. The lowest BCUT2D eigenvalue weighted by molar-refractivity contribution is 0.0951. The van der Waals surface area contributed by atoms with Crippen LogP contribution in [-0.4, -0.2) is 17.9 Å². The van der Waals surface area contributed by atoms with Crippen LogP contribution in [0.1, 0.15) is 27.4 Å². The van der Waals surface area contributed by atoms with E-state index in [-0.39, 0.29) is 5.78 Å². The first-order valence-corrected chi connectivity index (χ1v) is 11.2. The van der Waals surface area contributed by atoms with Crippen molar-refractivity contribution in [2.45, 2.75) is 18.0 Å². The fourth-order valence-electron chi connectivity index (χ4n) is 5.10. The number of nitrogens with zero attached hydrogens (tertiary/aromatic N) is 3. The highest BCUT2D eigenvalue weighted by atomic mass is 35.5. The van der Waals surface area contributed by atoms with Gasteiger partial charge in [0.05, 0.1) is 18.2 Å². The van der Waals surface area contributed by atoms with Gasteiger partial charge in [-0.25, -0.2) is 0 Å². The third-order valence-electron chi connectivity index (χ3n) is 6.54. The zero-order chi connectivity index (χ0) is 23.2. The second kappa shape index (κ2) is 8.09. The fraction of sp³-hybridized carbons (Fsp3) is 0.148. The van der Waals surface area contributed by atoms with Gasteiger partial charge >= 0.3 is 0 Å². The van der Waals surface area contributed by atoms with Gasteiger partial charge in [-0.1, -0.05) is 90.0 Å². The van der Waals surface area contributed by atoms with E-state index in [0.717, 1.165) is 11.3 Å². The molecule has 1 saturated heterocycles. The molecule has 4 nitrogen and oxygen atoms in total. The van der Waals surface area contributed by atoms with Gasteiger partial charge in [-0.05, 0) is 29.3 Å². The van der Waals surface area contributed by atoms with E-state index in [9.17, 15) is 15.3 Å². The van der Waals surface area contributed by atoms with Gasteiger partial charge in [-0.2, -0.15) is 10.5 Å². The summed E-state index contributed by atoms with van der Waals surface area (Å²) >= 11 is 12.8. The molecular weight excluding hydrogens is 453 g/mol. The fourth-order valence-corrected chi connectivity index (χ4v) is 5.63. The zero-order valence-corrected chi connectivity index (χ0v) is 18.8. The number of carbonyl (C=O) groups excluding carboxylic acids is 1. The smallest absolute Gasteiger partial charge is 0.185 e. The van der Waals surface area contributed by atoms with Crippen molar-refractivity contribution in [1.29, 1.82) is 10.5 Å². The van der Waals surface area contributed by atoms with Crippen LogP contribution in [0.2, 0.25) is 10.0 Å². The third-order valence-corrected chi connectivity index (χ3v) is 7.10. The molecule has 3 aromatic carbocycles. The lowest BCUT2D eigenvalue weighted by atomic mass is 9.69. The van der Waals surface area contributed by atoms with Crippen molar-refractivity contribution in [3.63, 3.8) is 0 Å². The summed E-state index contributed by atoms with van der Waals surface area (Å²) in [6, 6.07) is 24.7. The summed E-state index contributed by atoms with van der Waals surface area (Å²) < 4.78 is 0. The lowest BCUT2D eigenvalue weighted by Crippen LogP contribution is -2.44. The van der Waals surface area contributed by atoms with Crippen LogP contribution >= 0.6 is 23.2 Å². The molecule has 2 aliphatic rings. The minimum absolute atomic E-state index is 0.172. The average molecular weight is 470 g/mol. The normalized spacial score (nSPS) is 22.1. The number of nitriles is 2. The molecule has 0 aromatic heterocycles. The number of Topliss-reactive ketones (excluding diaryl/α,β-unsaturated/α-hetero) is 1. The summed E-state index contributed by atoms with van der Waals surface area (Å²) in [6.45, 7) is 0. The van der Waals surface area contributed by atoms with Gasteiger partial charge in [-0.15, -0.1) is 0 Å². The van der Waals surface area contributed by atoms with E-state index in [1.165, 1.54) is 0 Å². The van der Waals surface area contributed by atoms with Crippen LogP contribution in [0.25, 0.3) is 6.08 Å². The van der Waals surface area contributed by atoms with Crippen LogP contribution < -0.4 is 4.90 Å². The molecule has 1 fully saturated rings. The number of hydrogen-bond acceptors (Lipinski definition) is 4. The van der Waals surface area contributed by atoms with E-state index in [1.54, 1.807) is 42.5 Å². The Morgan fingerprint density at radius 1 is 0.939 bits per heavy atom. The van der Waals surface area contributed by atoms with Crippen LogP contribution in [0.15, 0.2) is 78.9 Å². The van der Waals surface area contributed by atoms with Crippen LogP contribution in [-0.2, 0) is 0 Å². The van der Waals surface area contributed by atoms with Crippen molar-refractivity contribution < 1.29 is 4.79 Å². The van der Waals surface area contributed by atoms with E-state index >= 15 is 0 Å². The van der Waals surface area contributed by atoms with Gasteiger partial charge < -0.3 is 4.90 Å². The molecule has 2 aliphatic heterocycles. The molecule has 3 atom stereocenters. The maximum absolute atomic E-state index is 14.0. The van der Waals surface area contributed by atoms with Crippen LogP contribution in [0.3, 0.4) is 0 Å². The van der Waals surface area contributed by atoms with Crippen LogP contribution in [0.5, 0.6) is 0 Å². The van der Waals surface area contributed by atoms with E-state index in [1.807, 2.05) is 47.4 Å². The van der Waals surface area contributed by atoms with Crippen molar-refractivity contribution in [2.75, 3.05) is 4.90 Å². The Morgan fingerprint density at radius 2 is 1.64 bits per heavy atom. The van der Waals surface area contributed by atoms with Crippen molar-refractivity contribution in [1.82, 2.24) is 0 Å². The van der Waals surface area contributed by atoms with Crippen LogP contribution in [0.4, 0.5) is 5.69 Å². The molecule has 5 rings (SSSR count). The molecule has 0 amide bonds. The number of hydrogen-bond donors (Lipinski definition) is 0. The van der Waals surface area contributed by atoms with E-state index in [4.69, 9.17) is 23.2 Å². The Balaban J connectivity index is 1.81. The predicted molar refractivity (Wildman–Crippen MR) is 129 cm³/mol. The molecule has 0 spiro atoms. The Kier molecular flexibility index (Phi) is 5.22. The summed E-state index contributed by atoms with van der Waals surface area (Å²) in [4.78, 5) is 16.0. The number of benzene rings is 3. The molecule has 33 heavy (non-hydrogen) atoms. The van der Waals surface area contributed by atoms with Crippen molar-refractivity contribution in [3.05, 3.63) is 106 Å². The number of halogens is 2. The second-order valence-electron chi connectivity index (χ2n) is 8.18. The maximum Gasteiger partial charge on any atom is 0.185 e. The second-order valence-corrected chi connectivity index (χ2v) is 9.02. The number of anilines is 1. The standard InChI is InChI=1S/C27H17Cl2N3O/c28-19-11-12-20(21(29)14-19)24-25(26(33)18-7-2-1-3-8-18)32-22-9-5-4-6-17(22)10-13-23(32)27(24,15-30)16-31/h1-14,23-25H/t23-,24-,25-/m1/s1. The maximum atomic E-state index is 14.0. The monoisotopic (exact) mass is 469 g/mol. The first kappa shape index (κ1) is 21.3. The van der Waals surface area contributed by atoms with E-state index < -0.39 is 23.4 Å². The molecule has 6 heteroatoms. The topological polar surface area (TPSA) is 67.9 Å². The minimum atomic E-state index is -1.55. The summed E-state index contributed by atoms with van der Waals surface area (Å²) in [7, 11) is 0. The SMILES string of the molecule is N#CC1(C#N)[C@H](c2ccc(Cl)cc2Cl)[C@H](C(=O)c2ccccc2)N2c3ccccc3C=C[C@@H]21. The highest BCUT2D eigenvalue weighted by molar-refractivity contribution is 6.35. The van der Waals surface area contributed by atoms with Gasteiger partial charge in [0, 0.05) is 27.2 Å². The highest BCUT2D eigenvalue weighted by Gasteiger charge is 2.63. The molecule has 0 saturated carbocycles. The largest absolute Gasteiger partial charge is 0.351 e. The Labute approximate surface area is 201 Å². The minimum Gasteiger partial charge on any atom is -0.351 e. The van der Waals surface area contributed by atoms with Crippen LogP contribution in [0, 0.1) is 28.1 Å². The van der Waals surface area contributed by atoms with Gasteiger partial charge in [0.2, 0.25) is 0 Å². The summed E-state index contributed by atoms with van der Waals surface area (Å²) in [5.41, 5.74) is 1.25. The molecule has 3 aromatic rings. The van der Waals surface area contributed by atoms with Gasteiger partial charge in [0.25, 0.3) is 0 Å². The Bertz CT molecular complexity index is 1360. The zero-order valence-electron chi connectivity index (χ0n) is 17.3. The Morgan fingerprint density at radius 3 is 2.33 bits per heavy atom. The molecule has 0 bridgehead atoms. The summed E-state index contributed by atoms with van der Waals surface area (Å²) in [5.74, 6) is -0.972. The predicted octanol–water partition coefficient (Wildman–Crippen LogP) is 6.28. The van der Waals surface area contributed by atoms with Crippen molar-refractivity contribution in [3.8, 4) is 12.1 Å². The average Bonchev–Trinajstić information content (AvgIpc) is 3.15. The van der Waals surface area contributed by atoms with Crippen molar-refractivity contribution >= 4 is 40.7 Å². The molecular formula is C27H17Cl2N3O. The lowest BCUT2D eigenvalue weighted by Gasteiger charge is -2.35. The van der Waals surface area contributed by atoms with Gasteiger partial charge in [-0.3, -0.25) is 4.79 Å². The number of ketones is 1. The first-order chi connectivity index (χ1) is 16.0. The highest BCUT2D eigenvalue weighted by Crippen LogP contribution is 2.56. The Hall–Kier alpha value is -3.57. The third kappa shape index (κ3) is 3.15. The number of para-hydroxylation sites is 1. The van der Waals surface area contributed by atoms with Crippen molar-refractivity contribution in [2.24, 2.45) is 5.41 Å². The molecule has 0 unspecified atom stereocenters.